The second-order valence-electron chi connectivity index (χ2n) is 5.75. The van der Waals surface area contributed by atoms with Crippen LogP contribution in [0.5, 0.6) is 0 Å². The van der Waals surface area contributed by atoms with Crippen molar-refractivity contribution in [3.05, 3.63) is 29.3 Å². The monoisotopic (exact) mass is 289 g/mol. The number of benzene rings is 1. The molecule has 2 heterocycles. The Labute approximate surface area is 123 Å². The lowest BCUT2D eigenvalue weighted by Gasteiger charge is -2.31. The Hall–Kier alpha value is -1.88. The van der Waals surface area contributed by atoms with Gasteiger partial charge in [-0.3, -0.25) is 4.79 Å². The van der Waals surface area contributed by atoms with Crippen molar-refractivity contribution in [2.24, 2.45) is 0 Å². The van der Waals surface area contributed by atoms with E-state index in [4.69, 9.17) is 9.84 Å². The molecule has 0 aromatic heterocycles. The van der Waals surface area contributed by atoms with Crippen molar-refractivity contribution in [2.45, 2.75) is 44.8 Å². The summed E-state index contributed by atoms with van der Waals surface area (Å²) >= 11 is 0. The Balaban J connectivity index is 1.79. The van der Waals surface area contributed by atoms with Gasteiger partial charge in [0.15, 0.2) is 6.10 Å². The van der Waals surface area contributed by atoms with Crippen molar-refractivity contribution in [1.29, 1.82) is 0 Å². The highest BCUT2D eigenvalue weighted by atomic mass is 16.5. The highest BCUT2D eigenvalue weighted by Crippen LogP contribution is 2.31. The van der Waals surface area contributed by atoms with Gasteiger partial charge in [-0.15, -0.1) is 0 Å². The molecule has 3 rings (SSSR count). The van der Waals surface area contributed by atoms with Crippen molar-refractivity contribution < 1.29 is 19.4 Å². The minimum atomic E-state index is -0.986. The molecule has 0 radical (unpaired) electrons. The normalized spacial score (nSPS) is 24.7. The number of nitrogens with zero attached hydrogens (tertiary/aromatic N) is 1. The van der Waals surface area contributed by atoms with E-state index in [2.05, 4.69) is 6.07 Å². The lowest BCUT2D eigenvalue weighted by molar-refractivity contribution is -0.151. The molecule has 0 bridgehead atoms. The van der Waals surface area contributed by atoms with Gasteiger partial charge in [0.1, 0.15) is 6.10 Å². The van der Waals surface area contributed by atoms with Crippen molar-refractivity contribution >= 4 is 17.6 Å². The molecule has 5 heteroatoms. The van der Waals surface area contributed by atoms with E-state index in [-0.39, 0.29) is 5.91 Å². The van der Waals surface area contributed by atoms with Gasteiger partial charge in [0.2, 0.25) is 0 Å². The number of hydrogen-bond acceptors (Lipinski definition) is 3. The predicted molar refractivity (Wildman–Crippen MR) is 77.4 cm³/mol. The Morgan fingerprint density at radius 3 is 2.76 bits per heavy atom. The van der Waals surface area contributed by atoms with Crippen LogP contribution >= 0.6 is 0 Å². The largest absolute Gasteiger partial charge is 0.479 e. The summed E-state index contributed by atoms with van der Waals surface area (Å²) in [5, 5.41) is 8.96. The van der Waals surface area contributed by atoms with E-state index in [9.17, 15) is 9.59 Å². The number of carbonyl (C=O) groups excluding carboxylic acids is 1. The molecule has 5 nitrogen and oxygen atoms in total. The highest BCUT2D eigenvalue weighted by Gasteiger charge is 2.38. The summed E-state index contributed by atoms with van der Waals surface area (Å²) in [6.07, 6.45) is 1.31. The van der Waals surface area contributed by atoms with Gasteiger partial charge in [0.25, 0.3) is 5.91 Å². The quantitative estimate of drug-likeness (QED) is 0.903. The van der Waals surface area contributed by atoms with E-state index < -0.39 is 18.2 Å². The Morgan fingerprint density at radius 1 is 1.29 bits per heavy atom. The molecule has 2 aliphatic rings. The van der Waals surface area contributed by atoms with E-state index >= 15 is 0 Å². The van der Waals surface area contributed by atoms with Crippen molar-refractivity contribution in [3.8, 4) is 0 Å². The number of aliphatic carboxylic acids is 1. The summed E-state index contributed by atoms with van der Waals surface area (Å²) in [5.74, 6) is -1.09. The SMILES string of the molecule is Cc1ccc2c(c1)CCCN2C(=O)[C@@H]1CC[C@H](C(=O)O)O1. The molecule has 112 valence electrons. The topological polar surface area (TPSA) is 66.8 Å². The molecule has 1 aromatic rings. The average Bonchev–Trinajstić information content (AvgIpc) is 2.95. The fourth-order valence-electron chi connectivity index (χ4n) is 3.13. The molecule has 0 aliphatic carbocycles. The van der Waals surface area contributed by atoms with Gasteiger partial charge >= 0.3 is 5.97 Å². The highest BCUT2D eigenvalue weighted by molar-refractivity contribution is 5.98. The first kappa shape index (κ1) is 14.1. The first-order chi connectivity index (χ1) is 10.1. The van der Waals surface area contributed by atoms with E-state index in [1.165, 1.54) is 11.1 Å². The number of rotatable bonds is 2. The fraction of sp³-hybridized carbons (Fsp3) is 0.500. The summed E-state index contributed by atoms with van der Waals surface area (Å²) in [6.45, 7) is 2.71. The number of anilines is 1. The van der Waals surface area contributed by atoms with Gasteiger partial charge in [-0.2, -0.15) is 0 Å². The molecule has 1 N–H and O–H groups in total. The van der Waals surface area contributed by atoms with Crippen LogP contribution in [-0.4, -0.2) is 35.7 Å². The van der Waals surface area contributed by atoms with Crippen LogP contribution in [0.4, 0.5) is 5.69 Å². The molecule has 2 atom stereocenters. The first-order valence-corrected chi connectivity index (χ1v) is 7.35. The predicted octanol–water partition coefficient (Wildman–Crippen LogP) is 1.91. The van der Waals surface area contributed by atoms with E-state index in [1.54, 1.807) is 4.90 Å². The summed E-state index contributed by atoms with van der Waals surface area (Å²) in [6, 6.07) is 6.09. The summed E-state index contributed by atoms with van der Waals surface area (Å²) in [5.41, 5.74) is 3.31. The van der Waals surface area contributed by atoms with Crippen molar-refractivity contribution in [3.63, 3.8) is 0 Å². The molecule has 1 amide bonds. The number of ether oxygens (including phenoxy) is 1. The molecule has 1 fully saturated rings. The van der Waals surface area contributed by atoms with Gasteiger partial charge < -0.3 is 14.7 Å². The van der Waals surface area contributed by atoms with Crippen LogP contribution in [0.3, 0.4) is 0 Å². The Kier molecular flexibility index (Phi) is 3.68. The second kappa shape index (κ2) is 5.48. The summed E-state index contributed by atoms with van der Waals surface area (Å²) in [4.78, 5) is 25.3. The average molecular weight is 289 g/mol. The molecule has 2 aliphatic heterocycles. The molecule has 1 saturated heterocycles. The van der Waals surface area contributed by atoms with E-state index in [0.717, 1.165) is 18.5 Å². The van der Waals surface area contributed by atoms with Crippen LogP contribution < -0.4 is 4.90 Å². The van der Waals surface area contributed by atoms with Crippen LogP contribution in [0.1, 0.15) is 30.4 Å². The summed E-state index contributed by atoms with van der Waals surface area (Å²) < 4.78 is 5.39. The van der Waals surface area contributed by atoms with E-state index in [1.807, 2.05) is 19.1 Å². The lowest BCUT2D eigenvalue weighted by atomic mass is 9.99. The number of amides is 1. The zero-order valence-corrected chi connectivity index (χ0v) is 12.0. The smallest absolute Gasteiger partial charge is 0.332 e. The zero-order valence-electron chi connectivity index (χ0n) is 12.0. The third-order valence-electron chi connectivity index (χ3n) is 4.19. The van der Waals surface area contributed by atoms with Gasteiger partial charge in [0, 0.05) is 12.2 Å². The number of carboxylic acid groups (broad SMARTS) is 1. The third kappa shape index (κ3) is 2.65. The number of fused-ring (bicyclic) bond motifs is 1. The number of carboxylic acids is 1. The van der Waals surface area contributed by atoms with Crippen LogP contribution in [0, 0.1) is 6.92 Å². The lowest BCUT2D eigenvalue weighted by Crippen LogP contribution is -2.42. The molecule has 1 aromatic carbocycles. The standard InChI is InChI=1S/C16H19NO4/c1-10-4-5-12-11(9-10)3-2-8-17(12)15(18)13-6-7-14(21-13)16(19)20/h4-5,9,13-14H,2-3,6-8H2,1H3,(H,19,20)/t13-,14+/m0/s1. The number of carbonyl (C=O) groups is 2. The van der Waals surface area contributed by atoms with E-state index in [0.29, 0.717) is 19.4 Å². The molecular weight excluding hydrogens is 270 g/mol. The van der Waals surface area contributed by atoms with Gasteiger partial charge in [-0.1, -0.05) is 17.7 Å². The van der Waals surface area contributed by atoms with Gasteiger partial charge in [0.05, 0.1) is 0 Å². The fourth-order valence-corrected chi connectivity index (χ4v) is 3.13. The molecule has 0 saturated carbocycles. The Morgan fingerprint density at radius 2 is 2.05 bits per heavy atom. The van der Waals surface area contributed by atoms with Gasteiger partial charge in [-0.25, -0.2) is 4.79 Å². The number of hydrogen-bond donors (Lipinski definition) is 1. The van der Waals surface area contributed by atoms with Crippen molar-refractivity contribution in [1.82, 2.24) is 0 Å². The maximum absolute atomic E-state index is 12.6. The summed E-state index contributed by atoms with van der Waals surface area (Å²) in [7, 11) is 0. The first-order valence-electron chi connectivity index (χ1n) is 7.35. The van der Waals surface area contributed by atoms with Gasteiger partial charge in [-0.05, 0) is 44.2 Å². The van der Waals surface area contributed by atoms with Crippen LogP contribution in [-0.2, 0) is 20.7 Å². The minimum absolute atomic E-state index is 0.108. The van der Waals surface area contributed by atoms with Crippen LogP contribution in [0.2, 0.25) is 0 Å². The van der Waals surface area contributed by atoms with Crippen molar-refractivity contribution in [2.75, 3.05) is 11.4 Å². The molecular formula is C16H19NO4. The maximum atomic E-state index is 12.6. The second-order valence-corrected chi connectivity index (χ2v) is 5.75. The Bertz CT molecular complexity index is 584. The minimum Gasteiger partial charge on any atom is -0.479 e. The molecule has 0 unspecified atom stereocenters. The third-order valence-corrected chi connectivity index (χ3v) is 4.19. The maximum Gasteiger partial charge on any atom is 0.332 e. The molecule has 0 spiro atoms. The molecule has 21 heavy (non-hydrogen) atoms. The van der Waals surface area contributed by atoms with Crippen LogP contribution in [0.15, 0.2) is 18.2 Å². The zero-order chi connectivity index (χ0) is 15.0. The van der Waals surface area contributed by atoms with Crippen LogP contribution in [0.25, 0.3) is 0 Å². The number of aryl methyl sites for hydroxylation is 2.